The molecule has 6 heteroatoms. The summed E-state index contributed by atoms with van der Waals surface area (Å²) in [4.78, 5) is 26.6. The van der Waals surface area contributed by atoms with Crippen LogP contribution in [0.5, 0.6) is 0 Å². The summed E-state index contributed by atoms with van der Waals surface area (Å²) in [5.74, 6) is 0.672. The minimum atomic E-state index is -0.294. The number of nitrogens with one attached hydrogen (secondary N) is 2. The third-order valence-corrected chi connectivity index (χ3v) is 4.29. The first kappa shape index (κ1) is 18.2. The number of likely N-dealkylation sites (tertiary alicyclic amines) is 1. The Labute approximate surface area is 153 Å². The van der Waals surface area contributed by atoms with Crippen LogP contribution in [0.15, 0.2) is 40.8 Å². The van der Waals surface area contributed by atoms with Gasteiger partial charge in [-0.15, -0.1) is 0 Å². The number of amides is 2. The molecule has 1 saturated heterocycles. The summed E-state index contributed by atoms with van der Waals surface area (Å²) >= 11 is 0. The molecule has 1 aliphatic rings. The second-order valence-corrected chi connectivity index (χ2v) is 6.91. The molecule has 0 bridgehead atoms. The molecule has 26 heavy (non-hydrogen) atoms. The van der Waals surface area contributed by atoms with E-state index in [0.717, 1.165) is 25.4 Å². The van der Waals surface area contributed by atoms with E-state index in [1.165, 1.54) is 12.8 Å². The molecule has 0 aliphatic carbocycles. The largest absolute Gasteiger partial charge is 0.455 e. The number of anilines is 1. The highest BCUT2D eigenvalue weighted by molar-refractivity contribution is 6.02. The zero-order chi connectivity index (χ0) is 18.5. The van der Waals surface area contributed by atoms with Gasteiger partial charge in [0.2, 0.25) is 0 Å². The Balaban J connectivity index is 1.57. The lowest BCUT2D eigenvalue weighted by molar-refractivity contribution is 0.0942. The molecule has 2 N–H and O–H groups in total. The van der Waals surface area contributed by atoms with Crippen molar-refractivity contribution < 1.29 is 14.0 Å². The monoisotopic (exact) mass is 355 g/mol. The van der Waals surface area contributed by atoms with Crippen molar-refractivity contribution in [2.24, 2.45) is 0 Å². The lowest BCUT2D eigenvalue weighted by Crippen LogP contribution is -2.30. The fraction of sp³-hybridized carbons (Fsp3) is 0.400. The average Bonchev–Trinajstić information content (AvgIpc) is 3.27. The molecule has 1 aromatic carbocycles. The first-order valence-corrected chi connectivity index (χ1v) is 9.04. The van der Waals surface area contributed by atoms with E-state index < -0.39 is 0 Å². The Morgan fingerprint density at radius 1 is 1.04 bits per heavy atom. The van der Waals surface area contributed by atoms with E-state index in [1.807, 2.05) is 19.9 Å². The minimum absolute atomic E-state index is 0.0792. The van der Waals surface area contributed by atoms with Crippen molar-refractivity contribution in [2.75, 3.05) is 18.4 Å². The van der Waals surface area contributed by atoms with E-state index in [0.29, 0.717) is 17.0 Å². The number of benzene rings is 1. The highest BCUT2D eigenvalue weighted by Crippen LogP contribution is 2.17. The van der Waals surface area contributed by atoms with Gasteiger partial charge in [-0.3, -0.25) is 14.5 Å². The van der Waals surface area contributed by atoms with E-state index in [-0.39, 0.29) is 17.9 Å². The number of hydrogen-bond donors (Lipinski definition) is 2. The van der Waals surface area contributed by atoms with Crippen LogP contribution in [0.25, 0.3) is 0 Å². The van der Waals surface area contributed by atoms with E-state index in [9.17, 15) is 9.59 Å². The lowest BCUT2D eigenvalue weighted by atomic mass is 10.2. The third-order valence-electron chi connectivity index (χ3n) is 4.29. The molecule has 1 aliphatic heterocycles. The molecule has 0 atom stereocenters. The van der Waals surface area contributed by atoms with Crippen LogP contribution < -0.4 is 10.6 Å². The third kappa shape index (κ3) is 4.73. The van der Waals surface area contributed by atoms with Crippen molar-refractivity contribution in [3.63, 3.8) is 0 Å². The van der Waals surface area contributed by atoms with Crippen LogP contribution in [0.1, 0.15) is 53.4 Å². The Morgan fingerprint density at radius 2 is 1.73 bits per heavy atom. The summed E-state index contributed by atoms with van der Waals surface area (Å²) in [6, 6.07) is 10.4. The minimum Gasteiger partial charge on any atom is -0.455 e. The molecule has 0 radical (unpaired) electrons. The maximum Gasteiger partial charge on any atom is 0.291 e. The fourth-order valence-corrected chi connectivity index (χ4v) is 2.99. The van der Waals surface area contributed by atoms with Gasteiger partial charge in [0.1, 0.15) is 5.76 Å². The average molecular weight is 355 g/mol. The van der Waals surface area contributed by atoms with Gasteiger partial charge >= 0.3 is 0 Å². The number of nitrogens with zero attached hydrogens (tertiary/aromatic N) is 1. The van der Waals surface area contributed by atoms with E-state index in [2.05, 4.69) is 15.5 Å². The predicted octanol–water partition coefficient (Wildman–Crippen LogP) is 3.27. The normalized spacial score (nSPS) is 14.6. The van der Waals surface area contributed by atoms with Crippen molar-refractivity contribution in [1.29, 1.82) is 0 Å². The molecule has 0 saturated carbocycles. The van der Waals surface area contributed by atoms with Gasteiger partial charge in [-0.1, -0.05) is 0 Å². The summed E-state index contributed by atoms with van der Waals surface area (Å²) in [6.45, 7) is 6.73. The summed E-state index contributed by atoms with van der Waals surface area (Å²) < 4.78 is 5.67. The Kier molecular flexibility index (Phi) is 5.73. The number of carbonyl (C=O) groups excluding carboxylic acids is 2. The van der Waals surface area contributed by atoms with Gasteiger partial charge in [0.25, 0.3) is 11.8 Å². The Bertz CT molecular complexity index is 759. The molecule has 2 heterocycles. The lowest BCUT2D eigenvalue weighted by Gasteiger charge is -2.11. The summed E-state index contributed by atoms with van der Waals surface area (Å²) in [5.41, 5.74) is 1.18. The van der Waals surface area contributed by atoms with Gasteiger partial charge in [0.15, 0.2) is 5.76 Å². The smallest absolute Gasteiger partial charge is 0.291 e. The first-order chi connectivity index (χ1) is 12.5. The molecule has 3 rings (SSSR count). The van der Waals surface area contributed by atoms with Crippen LogP contribution in [0, 0.1) is 0 Å². The number of hydrogen-bond acceptors (Lipinski definition) is 4. The van der Waals surface area contributed by atoms with E-state index in [4.69, 9.17) is 4.42 Å². The summed E-state index contributed by atoms with van der Waals surface area (Å²) in [7, 11) is 0. The van der Waals surface area contributed by atoms with E-state index in [1.54, 1.807) is 30.3 Å². The van der Waals surface area contributed by atoms with Crippen LogP contribution >= 0.6 is 0 Å². The second-order valence-electron chi connectivity index (χ2n) is 6.91. The zero-order valence-corrected chi connectivity index (χ0v) is 15.2. The standard InChI is InChI=1S/C20H25N3O3/c1-14(2)21-19(24)15-5-7-16(8-6-15)22-20(25)18-10-9-17(26-18)13-23-11-3-4-12-23/h5-10,14H,3-4,11-13H2,1-2H3,(H,21,24)(H,22,25). The molecule has 0 spiro atoms. The predicted molar refractivity (Wildman–Crippen MR) is 100 cm³/mol. The second kappa shape index (κ2) is 8.19. The molecule has 2 amide bonds. The van der Waals surface area contributed by atoms with Crippen LogP contribution in [0.3, 0.4) is 0 Å². The molecule has 1 fully saturated rings. The molecular formula is C20H25N3O3. The van der Waals surface area contributed by atoms with Crippen LogP contribution in [0.4, 0.5) is 5.69 Å². The highest BCUT2D eigenvalue weighted by Gasteiger charge is 2.16. The zero-order valence-electron chi connectivity index (χ0n) is 15.2. The van der Waals surface area contributed by atoms with Gasteiger partial charge in [-0.2, -0.15) is 0 Å². The van der Waals surface area contributed by atoms with Crippen molar-refractivity contribution in [3.8, 4) is 0 Å². The van der Waals surface area contributed by atoms with Gasteiger partial charge in [0.05, 0.1) is 6.54 Å². The molecule has 6 nitrogen and oxygen atoms in total. The molecule has 1 aromatic heterocycles. The van der Waals surface area contributed by atoms with Crippen molar-refractivity contribution in [2.45, 2.75) is 39.3 Å². The Morgan fingerprint density at radius 3 is 2.38 bits per heavy atom. The van der Waals surface area contributed by atoms with Crippen LogP contribution in [-0.4, -0.2) is 35.8 Å². The first-order valence-electron chi connectivity index (χ1n) is 9.04. The van der Waals surface area contributed by atoms with E-state index >= 15 is 0 Å². The van der Waals surface area contributed by atoms with Crippen LogP contribution in [-0.2, 0) is 6.54 Å². The summed E-state index contributed by atoms with van der Waals surface area (Å²) in [6.07, 6.45) is 2.44. The van der Waals surface area contributed by atoms with Gasteiger partial charge in [-0.25, -0.2) is 0 Å². The van der Waals surface area contributed by atoms with Crippen molar-refractivity contribution in [1.82, 2.24) is 10.2 Å². The van der Waals surface area contributed by atoms with Crippen molar-refractivity contribution in [3.05, 3.63) is 53.5 Å². The number of carbonyl (C=O) groups is 2. The number of rotatable bonds is 6. The maximum atomic E-state index is 12.3. The molecular weight excluding hydrogens is 330 g/mol. The van der Waals surface area contributed by atoms with Crippen molar-refractivity contribution >= 4 is 17.5 Å². The van der Waals surface area contributed by atoms with Gasteiger partial charge in [-0.05, 0) is 76.2 Å². The van der Waals surface area contributed by atoms with Crippen LogP contribution in [0.2, 0.25) is 0 Å². The highest BCUT2D eigenvalue weighted by atomic mass is 16.4. The van der Waals surface area contributed by atoms with Gasteiger partial charge < -0.3 is 15.1 Å². The maximum absolute atomic E-state index is 12.3. The Hall–Kier alpha value is -2.60. The topological polar surface area (TPSA) is 74.6 Å². The number of furan rings is 1. The molecule has 0 unspecified atom stereocenters. The summed E-state index contributed by atoms with van der Waals surface area (Å²) in [5, 5.41) is 5.63. The molecule has 2 aromatic rings. The SMILES string of the molecule is CC(C)NC(=O)c1ccc(NC(=O)c2ccc(CN3CCCC3)o2)cc1. The quantitative estimate of drug-likeness (QED) is 0.834. The molecule has 138 valence electrons. The fourth-order valence-electron chi connectivity index (χ4n) is 2.99. The van der Waals surface area contributed by atoms with Gasteiger partial charge in [0, 0.05) is 17.3 Å².